The molecule has 1 amide bonds. The van der Waals surface area contributed by atoms with Crippen molar-refractivity contribution in [2.45, 2.75) is 6.92 Å². The minimum absolute atomic E-state index is 0.0574. The number of amides is 1. The first-order valence-electron chi connectivity index (χ1n) is 6.29. The Labute approximate surface area is 113 Å². The molecule has 5 heteroatoms. The standard InChI is InChI=1S/C14H20N2O3/c1-9-5-13(19-4)11(6-12(9)18-3)16(2)14(17)10-7-15-8-10/h5-6,10,15H,7-8H2,1-4H3. The van der Waals surface area contributed by atoms with E-state index in [4.69, 9.17) is 9.47 Å². The van der Waals surface area contributed by atoms with Gasteiger partial charge in [-0.25, -0.2) is 0 Å². The molecule has 1 aromatic carbocycles. The van der Waals surface area contributed by atoms with Crippen molar-refractivity contribution in [3.63, 3.8) is 0 Å². The maximum Gasteiger partial charge on any atom is 0.232 e. The molecule has 0 atom stereocenters. The molecule has 0 bridgehead atoms. The number of nitrogens with zero attached hydrogens (tertiary/aromatic N) is 1. The van der Waals surface area contributed by atoms with Gasteiger partial charge in [-0.3, -0.25) is 4.79 Å². The number of nitrogens with one attached hydrogen (secondary N) is 1. The van der Waals surface area contributed by atoms with Gasteiger partial charge < -0.3 is 19.7 Å². The largest absolute Gasteiger partial charge is 0.496 e. The number of rotatable bonds is 4. The lowest BCUT2D eigenvalue weighted by Gasteiger charge is -2.31. The number of hydrogen-bond donors (Lipinski definition) is 1. The summed E-state index contributed by atoms with van der Waals surface area (Å²) in [6.07, 6.45) is 0. The fourth-order valence-corrected chi connectivity index (χ4v) is 2.15. The summed E-state index contributed by atoms with van der Waals surface area (Å²) in [5, 5.41) is 3.11. The van der Waals surface area contributed by atoms with Crippen LogP contribution in [0.15, 0.2) is 12.1 Å². The first-order valence-corrected chi connectivity index (χ1v) is 6.29. The molecule has 1 N–H and O–H groups in total. The van der Waals surface area contributed by atoms with Gasteiger partial charge in [-0.2, -0.15) is 0 Å². The van der Waals surface area contributed by atoms with Crippen LogP contribution in [0.1, 0.15) is 5.56 Å². The van der Waals surface area contributed by atoms with Crippen LogP contribution in [0.4, 0.5) is 5.69 Å². The predicted octanol–water partition coefficient (Wildman–Crippen LogP) is 1.19. The van der Waals surface area contributed by atoms with E-state index in [9.17, 15) is 4.79 Å². The first-order chi connectivity index (χ1) is 9.08. The van der Waals surface area contributed by atoms with Gasteiger partial charge in [-0.05, 0) is 18.6 Å². The Morgan fingerprint density at radius 3 is 2.37 bits per heavy atom. The zero-order valence-corrected chi connectivity index (χ0v) is 11.8. The van der Waals surface area contributed by atoms with Crippen LogP contribution < -0.4 is 19.7 Å². The highest BCUT2D eigenvalue weighted by atomic mass is 16.5. The maximum atomic E-state index is 12.3. The average molecular weight is 264 g/mol. The number of carbonyl (C=O) groups excluding carboxylic acids is 1. The minimum atomic E-state index is 0.0574. The van der Waals surface area contributed by atoms with E-state index in [0.29, 0.717) is 5.75 Å². The molecule has 19 heavy (non-hydrogen) atoms. The van der Waals surface area contributed by atoms with Crippen LogP contribution >= 0.6 is 0 Å². The summed E-state index contributed by atoms with van der Waals surface area (Å²) in [7, 11) is 5.00. The molecule has 1 saturated heterocycles. The van der Waals surface area contributed by atoms with Crippen molar-refractivity contribution in [2.24, 2.45) is 5.92 Å². The van der Waals surface area contributed by atoms with E-state index in [1.165, 1.54) is 0 Å². The molecule has 0 spiro atoms. The number of carbonyl (C=O) groups is 1. The number of ether oxygens (including phenoxy) is 2. The highest BCUT2D eigenvalue weighted by molar-refractivity contribution is 5.97. The molecule has 1 aromatic rings. The predicted molar refractivity (Wildman–Crippen MR) is 74.1 cm³/mol. The Kier molecular flexibility index (Phi) is 3.95. The molecule has 104 valence electrons. The van der Waals surface area contributed by atoms with E-state index in [0.717, 1.165) is 30.1 Å². The fraction of sp³-hybridized carbons (Fsp3) is 0.500. The van der Waals surface area contributed by atoms with Gasteiger partial charge in [-0.1, -0.05) is 0 Å². The van der Waals surface area contributed by atoms with Gasteiger partial charge in [0.05, 0.1) is 25.8 Å². The van der Waals surface area contributed by atoms with Crippen LogP contribution in [0.2, 0.25) is 0 Å². The lowest BCUT2D eigenvalue weighted by atomic mass is 10.0. The Morgan fingerprint density at radius 2 is 1.89 bits per heavy atom. The zero-order valence-electron chi connectivity index (χ0n) is 11.8. The van der Waals surface area contributed by atoms with Crippen LogP contribution in [-0.2, 0) is 4.79 Å². The molecule has 2 rings (SSSR count). The summed E-state index contributed by atoms with van der Waals surface area (Å²) in [4.78, 5) is 13.9. The van der Waals surface area contributed by atoms with Crippen molar-refractivity contribution < 1.29 is 14.3 Å². The molecule has 1 heterocycles. The van der Waals surface area contributed by atoms with Crippen molar-refractivity contribution in [1.82, 2.24) is 5.32 Å². The van der Waals surface area contributed by atoms with Crippen LogP contribution in [0.5, 0.6) is 11.5 Å². The molecule has 0 saturated carbocycles. The van der Waals surface area contributed by atoms with Gasteiger partial charge >= 0.3 is 0 Å². The van der Waals surface area contributed by atoms with Crippen molar-refractivity contribution in [1.29, 1.82) is 0 Å². The van der Waals surface area contributed by atoms with Crippen molar-refractivity contribution >= 4 is 11.6 Å². The SMILES string of the molecule is COc1cc(N(C)C(=O)C2CNC2)c(OC)cc1C. The third kappa shape index (κ3) is 2.51. The second-order valence-corrected chi connectivity index (χ2v) is 4.75. The number of aryl methyl sites for hydroxylation is 1. The summed E-state index contributed by atoms with van der Waals surface area (Å²) in [6, 6.07) is 3.73. The fourth-order valence-electron chi connectivity index (χ4n) is 2.15. The van der Waals surface area contributed by atoms with Gasteiger partial charge in [0.15, 0.2) is 0 Å². The highest BCUT2D eigenvalue weighted by Crippen LogP contribution is 2.35. The third-order valence-corrected chi connectivity index (χ3v) is 3.52. The molecule has 1 aliphatic heterocycles. The quantitative estimate of drug-likeness (QED) is 0.887. The zero-order chi connectivity index (χ0) is 14.0. The Morgan fingerprint density at radius 1 is 1.26 bits per heavy atom. The van der Waals surface area contributed by atoms with Gasteiger partial charge in [0, 0.05) is 26.2 Å². The Hall–Kier alpha value is -1.75. The van der Waals surface area contributed by atoms with Gasteiger partial charge in [-0.15, -0.1) is 0 Å². The number of anilines is 1. The highest BCUT2D eigenvalue weighted by Gasteiger charge is 2.29. The molecular weight excluding hydrogens is 244 g/mol. The summed E-state index contributed by atoms with van der Waals surface area (Å²) in [5.41, 5.74) is 1.72. The summed E-state index contributed by atoms with van der Waals surface area (Å²) in [6.45, 7) is 3.44. The lowest BCUT2D eigenvalue weighted by Crippen LogP contribution is -2.51. The van der Waals surface area contributed by atoms with E-state index < -0.39 is 0 Å². The molecule has 0 aromatic heterocycles. The van der Waals surface area contributed by atoms with E-state index in [2.05, 4.69) is 5.32 Å². The Balaban J connectivity index is 2.33. The molecule has 1 aliphatic rings. The molecule has 1 fully saturated rings. The normalized spacial score (nSPS) is 14.7. The summed E-state index contributed by atoms with van der Waals surface area (Å²) >= 11 is 0. The monoisotopic (exact) mass is 264 g/mol. The minimum Gasteiger partial charge on any atom is -0.496 e. The maximum absolute atomic E-state index is 12.3. The van der Waals surface area contributed by atoms with E-state index in [1.54, 1.807) is 26.2 Å². The smallest absolute Gasteiger partial charge is 0.232 e. The number of methoxy groups -OCH3 is 2. The second kappa shape index (κ2) is 5.48. The summed E-state index contributed by atoms with van der Waals surface area (Å²) in [5.74, 6) is 1.59. The Bertz CT molecular complexity index is 484. The average Bonchev–Trinajstić information content (AvgIpc) is 2.35. The summed E-state index contributed by atoms with van der Waals surface area (Å²) < 4.78 is 10.7. The molecule has 0 unspecified atom stereocenters. The van der Waals surface area contributed by atoms with Gasteiger partial charge in [0.1, 0.15) is 11.5 Å². The van der Waals surface area contributed by atoms with Crippen LogP contribution in [-0.4, -0.2) is 40.3 Å². The van der Waals surface area contributed by atoms with Crippen LogP contribution in [0.25, 0.3) is 0 Å². The van der Waals surface area contributed by atoms with Gasteiger partial charge in [0.2, 0.25) is 5.91 Å². The third-order valence-electron chi connectivity index (χ3n) is 3.52. The molecule has 5 nitrogen and oxygen atoms in total. The first kappa shape index (κ1) is 13.7. The van der Waals surface area contributed by atoms with E-state index in [-0.39, 0.29) is 11.8 Å². The number of hydrogen-bond acceptors (Lipinski definition) is 4. The molecule has 0 aliphatic carbocycles. The second-order valence-electron chi connectivity index (χ2n) is 4.75. The topological polar surface area (TPSA) is 50.8 Å². The van der Waals surface area contributed by atoms with Crippen LogP contribution in [0.3, 0.4) is 0 Å². The van der Waals surface area contributed by atoms with Crippen LogP contribution in [0, 0.1) is 12.8 Å². The van der Waals surface area contributed by atoms with E-state index in [1.807, 2.05) is 19.1 Å². The molecule has 0 radical (unpaired) electrons. The molecular formula is C14H20N2O3. The van der Waals surface area contributed by atoms with Crippen molar-refractivity contribution in [3.8, 4) is 11.5 Å². The van der Waals surface area contributed by atoms with E-state index >= 15 is 0 Å². The van der Waals surface area contributed by atoms with Gasteiger partial charge in [0.25, 0.3) is 0 Å². The van der Waals surface area contributed by atoms with Crippen molar-refractivity contribution in [3.05, 3.63) is 17.7 Å². The lowest BCUT2D eigenvalue weighted by molar-refractivity contribution is -0.123. The van der Waals surface area contributed by atoms with Crippen molar-refractivity contribution in [2.75, 3.05) is 39.3 Å². The number of benzene rings is 1.